The molecule has 30 heavy (non-hydrogen) atoms. The lowest BCUT2D eigenvalue weighted by Crippen LogP contribution is -2.36. The van der Waals surface area contributed by atoms with Crippen LogP contribution in [0, 0.1) is 23.5 Å². The third kappa shape index (κ3) is 4.64. The Morgan fingerprint density at radius 3 is 1.93 bits per heavy atom. The van der Waals surface area contributed by atoms with E-state index in [1.54, 1.807) is 6.07 Å². The molecule has 0 saturated carbocycles. The Balaban J connectivity index is 1.80. The Labute approximate surface area is 171 Å². The van der Waals surface area contributed by atoms with Gasteiger partial charge in [0.15, 0.2) is 18.5 Å². The topological polar surface area (TPSA) is 93.1 Å². The van der Waals surface area contributed by atoms with Crippen LogP contribution in [0.5, 0.6) is 0 Å². The van der Waals surface area contributed by atoms with Crippen molar-refractivity contribution in [2.24, 2.45) is 0 Å². The summed E-state index contributed by atoms with van der Waals surface area (Å²) < 4.78 is 38.8. The average molecular weight is 416 g/mol. The van der Waals surface area contributed by atoms with Gasteiger partial charge in [-0.25, -0.2) is 18.4 Å². The van der Waals surface area contributed by atoms with Crippen molar-refractivity contribution in [1.29, 1.82) is 0 Å². The molecule has 0 spiro atoms. The molecule has 1 aliphatic heterocycles. The summed E-state index contributed by atoms with van der Waals surface area (Å²) in [6.45, 7) is 1.99. The smallest absolute Gasteiger partial charge is 0.336 e. The first-order valence-electron chi connectivity index (χ1n) is 9.16. The number of aryl methyl sites for hydroxylation is 1. The molecule has 1 heterocycles. The van der Waals surface area contributed by atoms with Gasteiger partial charge >= 0.3 is 11.9 Å². The molecule has 0 aromatic heterocycles. The normalized spacial score (nSPS) is 18.6. The maximum atomic E-state index is 14.4. The van der Waals surface area contributed by atoms with Gasteiger partial charge in [0.2, 0.25) is 0 Å². The van der Waals surface area contributed by atoms with E-state index < -0.39 is 42.1 Å². The second kappa shape index (κ2) is 9.03. The Hall–Kier alpha value is -3.28. The van der Waals surface area contributed by atoms with Crippen molar-refractivity contribution in [2.75, 3.05) is 0 Å². The number of halogens is 2. The molecule has 1 fully saturated rings. The van der Waals surface area contributed by atoms with Gasteiger partial charge in [-0.3, -0.25) is 0 Å². The van der Waals surface area contributed by atoms with Crippen molar-refractivity contribution in [3.05, 3.63) is 70.3 Å². The van der Waals surface area contributed by atoms with Crippen molar-refractivity contribution < 1.29 is 38.1 Å². The van der Waals surface area contributed by atoms with Crippen LogP contribution < -0.4 is 0 Å². The molecule has 0 radical (unpaired) electrons. The molecule has 6 nitrogen and oxygen atoms in total. The Bertz CT molecular complexity index is 1020. The first-order valence-corrected chi connectivity index (χ1v) is 9.16. The Morgan fingerprint density at radius 1 is 0.933 bits per heavy atom. The van der Waals surface area contributed by atoms with E-state index in [0.29, 0.717) is 0 Å². The number of hydrogen-bond acceptors (Lipinski definition) is 4. The van der Waals surface area contributed by atoms with E-state index in [-0.39, 0.29) is 16.7 Å². The zero-order valence-corrected chi connectivity index (χ0v) is 15.9. The Kier molecular flexibility index (Phi) is 6.45. The van der Waals surface area contributed by atoms with Gasteiger partial charge < -0.3 is 19.7 Å². The third-order valence-corrected chi connectivity index (χ3v) is 4.47. The molecule has 156 valence electrons. The zero-order chi connectivity index (χ0) is 21.8. The number of rotatable bonds is 5. The van der Waals surface area contributed by atoms with Gasteiger partial charge in [-0.15, -0.1) is 0 Å². The van der Waals surface area contributed by atoms with E-state index >= 15 is 0 Å². The van der Waals surface area contributed by atoms with E-state index in [4.69, 9.17) is 19.7 Å². The number of carboxylic acid groups (broad SMARTS) is 2. The molecule has 2 aromatic carbocycles. The quantitative estimate of drug-likeness (QED) is 0.727. The van der Waals surface area contributed by atoms with Crippen LogP contribution in [0.3, 0.4) is 0 Å². The molecule has 2 N–H and O–H groups in total. The van der Waals surface area contributed by atoms with Crippen LogP contribution in [0.1, 0.15) is 41.9 Å². The maximum Gasteiger partial charge on any atom is 0.336 e. The lowest BCUT2D eigenvalue weighted by Gasteiger charge is -2.10. The summed E-state index contributed by atoms with van der Waals surface area (Å²) in [5.74, 6) is 0.896. The Morgan fingerprint density at radius 2 is 1.47 bits per heavy atom. The van der Waals surface area contributed by atoms with Gasteiger partial charge in [0.25, 0.3) is 0 Å². The summed E-state index contributed by atoms with van der Waals surface area (Å²) in [4.78, 5) is 22.3. The summed E-state index contributed by atoms with van der Waals surface area (Å²) in [7, 11) is 0. The van der Waals surface area contributed by atoms with E-state index in [0.717, 1.165) is 24.5 Å². The molecule has 1 saturated heterocycles. The fraction of sp³-hybridized carbons (Fsp3) is 0.273. The van der Waals surface area contributed by atoms with Crippen LogP contribution in [0.4, 0.5) is 8.78 Å². The standard InChI is InChI=1S/C22H18F2O6/c1-2-3-12-4-5-13(16(23)10-12)6-7-14-8-9-15(11-17(14)24)22-29-18(20(25)26)19(30-22)21(27)28/h4-5,8-11,18-19,22H,2-3H2,1H3,(H,25,26)(H,27,28)/t18-,19-/m1/s1. The van der Waals surface area contributed by atoms with Crippen molar-refractivity contribution in [3.63, 3.8) is 0 Å². The van der Waals surface area contributed by atoms with Crippen LogP contribution >= 0.6 is 0 Å². The maximum absolute atomic E-state index is 14.4. The van der Waals surface area contributed by atoms with Gasteiger partial charge in [-0.2, -0.15) is 0 Å². The first-order chi connectivity index (χ1) is 14.3. The summed E-state index contributed by atoms with van der Waals surface area (Å²) in [6, 6.07) is 8.40. The van der Waals surface area contributed by atoms with E-state index in [2.05, 4.69) is 11.8 Å². The highest BCUT2D eigenvalue weighted by atomic mass is 19.1. The summed E-state index contributed by atoms with van der Waals surface area (Å²) in [5, 5.41) is 18.1. The van der Waals surface area contributed by atoms with Gasteiger partial charge in [-0.1, -0.05) is 37.3 Å². The molecule has 8 heteroatoms. The van der Waals surface area contributed by atoms with Crippen molar-refractivity contribution in [3.8, 4) is 11.8 Å². The molecule has 0 bridgehead atoms. The first kappa shape index (κ1) is 21.4. The van der Waals surface area contributed by atoms with Gasteiger partial charge in [0.05, 0.1) is 11.1 Å². The average Bonchev–Trinajstić information content (AvgIpc) is 3.15. The van der Waals surface area contributed by atoms with E-state index in [1.165, 1.54) is 24.3 Å². The molecular weight excluding hydrogens is 398 g/mol. The van der Waals surface area contributed by atoms with Gasteiger partial charge in [0, 0.05) is 5.56 Å². The minimum atomic E-state index is -1.71. The fourth-order valence-corrected chi connectivity index (χ4v) is 2.99. The summed E-state index contributed by atoms with van der Waals surface area (Å²) in [5.41, 5.74) is 1.07. The highest BCUT2D eigenvalue weighted by molar-refractivity contribution is 5.84. The third-order valence-electron chi connectivity index (χ3n) is 4.47. The molecule has 0 amide bonds. The minimum Gasteiger partial charge on any atom is -0.479 e. The molecule has 3 rings (SSSR count). The number of hydrogen-bond donors (Lipinski definition) is 2. The number of carboxylic acids is 2. The van der Waals surface area contributed by atoms with Gasteiger partial charge in [-0.05, 0) is 36.2 Å². The van der Waals surface area contributed by atoms with Gasteiger partial charge in [0.1, 0.15) is 11.6 Å². The van der Waals surface area contributed by atoms with Crippen LogP contribution in [-0.4, -0.2) is 34.4 Å². The zero-order valence-electron chi connectivity index (χ0n) is 15.9. The van der Waals surface area contributed by atoms with Crippen molar-refractivity contribution >= 4 is 11.9 Å². The SMILES string of the molecule is CCCc1ccc(C#Cc2ccc(C3O[C@@H](C(=O)O)[C@H](C(=O)O)O3)cc2F)c(F)c1. The fourth-order valence-electron chi connectivity index (χ4n) is 2.99. The number of ether oxygens (including phenoxy) is 2. The lowest BCUT2D eigenvalue weighted by atomic mass is 10.1. The predicted molar refractivity (Wildman–Crippen MR) is 101 cm³/mol. The second-order valence-corrected chi connectivity index (χ2v) is 6.68. The number of carbonyl (C=O) groups is 2. The van der Waals surface area contributed by atoms with Crippen molar-refractivity contribution in [2.45, 2.75) is 38.3 Å². The largest absolute Gasteiger partial charge is 0.479 e. The monoisotopic (exact) mass is 416 g/mol. The lowest BCUT2D eigenvalue weighted by molar-refractivity contribution is -0.156. The summed E-state index contributed by atoms with van der Waals surface area (Å²) in [6.07, 6.45) is -3.15. The summed E-state index contributed by atoms with van der Waals surface area (Å²) >= 11 is 0. The predicted octanol–water partition coefficient (Wildman–Crippen LogP) is 3.27. The molecule has 1 aliphatic rings. The van der Waals surface area contributed by atoms with E-state index in [9.17, 15) is 18.4 Å². The molecule has 2 atom stereocenters. The molecule has 0 aliphatic carbocycles. The molecule has 2 aromatic rings. The molecule has 0 unspecified atom stereocenters. The molecular formula is C22H18F2O6. The highest BCUT2D eigenvalue weighted by Crippen LogP contribution is 2.32. The van der Waals surface area contributed by atoms with Crippen LogP contribution in [-0.2, 0) is 25.5 Å². The van der Waals surface area contributed by atoms with E-state index in [1.807, 2.05) is 6.92 Å². The van der Waals surface area contributed by atoms with Crippen molar-refractivity contribution in [1.82, 2.24) is 0 Å². The number of aliphatic carboxylic acids is 2. The number of benzene rings is 2. The highest BCUT2D eigenvalue weighted by Gasteiger charge is 2.46. The van der Waals surface area contributed by atoms with Crippen LogP contribution in [0.2, 0.25) is 0 Å². The second-order valence-electron chi connectivity index (χ2n) is 6.68. The minimum absolute atomic E-state index is 0.0154. The van der Waals surface area contributed by atoms with Crippen LogP contribution in [0.15, 0.2) is 36.4 Å². The van der Waals surface area contributed by atoms with Crippen LogP contribution in [0.25, 0.3) is 0 Å².